The molecule has 1 aromatic rings. The van der Waals surface area contributed by atoms with Crippen molar-refractivity contribution in [2.24, 2.45) is 5.92 Å². The molecule has 26 heavy (non-hydrogen) atoms. The van der Waals surface area contributed by atoms with E-state index in [1.165, 1.54) is 23.4 Å². The normalized spacial score (nSPS) is 22.7. The van der Waals surface area contributed by atoms with E-state index in [4.69, 9.17) is 9.47 Å². The van der Waals surface area contributed by atoms with Crippen LogP contribution in [0.3, 0.4) is 0 Å². The van der Waals surface area contributed by atoms with Crippen molar-refractivity contribution in [3.63, 3.8) is 0 Å². The lowest BCUT2D eigenvalue weighted by Crippen LogP contribution is -2.46. The van der Waals surface area contributed by atoms with Gasteiger partial charge >= 0.3 is 6.18 Å². The third-order valence-electron chi connectivity index (χ3n) is 5.21. The maximum absolute atomic E-state index is 13.1. The summed E-state index contributed by atoms with van der Waals surface area (Å²) in [6.45, 7) is 4.64. The first kappa shape index (κ1) is 19.6. The van der Waals surface area contributed by atoms with Crippen molar-refractivity contribution in [1.82, 2.24) is 4.31 Å². The van der Waals surface area contributed by atoms with E-state index in [0.29, 0.717) is 26.1 Å². The van der Waals surface area contributed by atoms with Crippen molar-refractivity contribution in [1.29, 1.82) is 0 Å². The predicted octanol–water partition coefficient (Wildman–Crippen LogP) is 3.18. The number of aryl methyl sites for hydroxylation is 1. The average Bonchev–Trinajstić information content (AvgIpc) is 3.02. The highest BCUT2D eigenvalue weighted by Crippen LogP contribution is 2.37. The van der Waals surface area contributed by atoms with Crippen molar-refractivity contribution in [3.05, 3.63) is 29.3 Å². The lowest BCUT2D eigenvalue weighted by Gasteiger charge is -2.38. The first-order chi connectivity index (χ1) is 12.0. The highest BCUT2D eigenvalue weighted by Gasteiger charge is 2.43. The molecule has 2 aliphatic heterocycles. The van der Waals surface area contributed by atoms with E-state index in [-0.39, 0.29) is 29.5 Å². The van der Waals surface area contributed by atoms with Crippen LogP contribution in [0.15, 0.2) is 23.1 Å². The fourth-order valence-corrected chi connectivity index (χ4v) is 5.10. The Kier molecular flexibility index (Phi) is 5.11. The van der Waals surface area contributed by atoms with Crippen molar-refractivity contribution in [2.75, 3.05) is 26.3 Å². The number of benzene rings is 1. The van der Waals surface area contributed by atoms with E-state index >= 15 is 0 Å². The minimum atomic E-state index is -4.59. The molecule has 2 heterocycles. The number of alkyl halides is 3. The van der Waals surface area contributed by atoms with Gasteiger partial charge in [0.25, 0.3) is 0 Å². The Balaban J connectivity index is 1.78. The molecule has 0 aliphatic carbocycles. The lowest BCUT2D eigenvalue weighted by molar-refractivity contribution is -0.188. The van der Waals surface area contributed by atoms with Crippen LogP contribution in [0.1, 0.15) is 30.9 Å². The molecule has 1 aromatic carbocycles. The standard InChI is InChI=1S/C17H22F3NO4S/c1-12-3-4-14(11-15(12)17(18,19)20)26(22,23)21-7-5-13(6-8-21)16(2)24-9-10-25-16/h3-4,11,13H,5-10H2,1-2H3. The van der Waals surface area contributed by atoms with Gasteiger partial charge in [-0.3, -0.25) is 0 Å². The second-order valence-electron chi connectivity index (χ2n) is 6.87. The topological polar surface area (TPSA) is 55.8 Å². The van der Waals surface area contributed by atoms with Gasteiger partial charge in [-0.15, -0.1) is 0 Å². The zero-order valence-corrected chi connectivity index (χ0v) is 15.5. The van der Waals surface area contributed by atoms with Crippen LogP contribution < -0.4 is 0 Å². The quantitative estimate of drug-likeness (QED) is 0.792. The Morgan fingerprint density at radius 2 is 1.73 bits per heavy atom. The number of hydrogen-bond donors (Lipinski definition) is 0. The summed E-state index contributed by atoms with van der Waals surface area (Å²) in [4.78, 5) is -0.326. The summed E-state index contributed by atoms with van der Waals surface area (Å²) in [6, 6.07) is 3.15. The Hall–Kier alpha value is -1.16. The lowest BCUT2D eigenvalue weighted by atomic mass is 9.90. The van der Waals surface area contributed by atoms with Crippen LogP contribution in [0, 0.1) is 12.8 Å². The van der Waals surface area contributed by atoms with Gasteiger partial charge < -0.3 is 9.47 Å². The molecular formula is C17H22F3NO4S. The van der Waals surface area contributed by atoms with E-state index < -0.39 is 27.6 Å². The number of sulfonamides is 1. The molecule has 0 N–H and O–H groups in total. The van der Waals surface area contributed by atoms with Crippen molar-refractivity contribution >= 4 is 10.0 Å². The maximum atomic E-state index is 13.1. The number of hydrogen-bond acceptors (Lipinski definition) is 4. The molecule has 146 valence electrons. The third kappa shape index (κ3) is 3.62. The van der Waals surface area contributed by atoms with Crippen LogP contribution in [0.4, 0.5) is 13.2 Å². The largest absolute Gasteiger partial charge is 0.416 e. The molecule has 0 saturated carbocycles. The second kappa shape index (κ2) is 6.78. The van der Waals surface area contributed by atoms with E-state index in [0.717, 1.165) is 6.07 Å². The summed E-state index contributed by atoms with van der Waals surface area (Å²) < 4.78 is 77.3. The van der Waals surface area contributed by atoms with Gasteiger partial charge in [0.2, 0.25) is 10.0 Å². The second-order valence-corrected chi connectivity index (χ2v) is 8.80. The number of rotatable bonds is 3. The number of nitrogens with zero attached hydrogens (tertiary/aromatic N) is 1. The molecule has 2 saturated heterocycles. The molecule has 0 unspecified atom stereocenters. The SMILES string of the molecule is Cc1ccc(S(=O)(=O)N2CCC(C3(C)OCCO3)CC2)cc1C(F)(F)F. The first-order valence-electron chi connectivity index (χ1n) is 8.50. The fraction of sp³-hybridized carbons (Fsp3) is 0.647. The Morgan fingerprint density at radius 3 is 2.27 bits per heavy atom. The van der Waals surface area contributed by atoms with Crippen LogP contribution in [0.25, 0.3) is 0 Å². The minimum Gasteiger partial charge on any atom is -0.348 e. The summed E-state index contributed by atoms with van der Waals surface area (Å²) in [7, 11) is -3.98. The zero-order chi connectivity index (χ0) is 19.2. The van der Waals surface area contributed by atoms with Gasteiger partial charge in [-0.05, 0) is 44.4 Å². The van der Waals surface area contributed by atoms with Gasteiger partial charge in [-0.2, -0.15) is 17.5 Å². The van der Waals surface area contributed by atoms with E-state index in [9.17, 15) is 21.6 Å². The molecule has 0 atom stereocenters. The summed E-state index contributed by atoms with van der Waals surface area (Å²) in [5.74, 6) is -0.649. The van der Waals surface area contributed by atoms with Crippen LogP contribution >= 0.6 is 0 Å². The van der Waals surface area contributed by atoms with Gasteiger partial charge in [0.15, 0.2) is 5.79 Å². The predicted molar refractivity (Wildman–Crippen MR) is 88.0 cm³/mol. The molecule has 0 amide bonds. The molecule has 0 spiro atoms. The highest BCUT2D eigenvalue weighted by atomic mass is 32.2. The molecule has 0 aromatic heterocycles. The van der Waals surface area contributed by atoms with Crippen molar-refractivity contribution in [2.45, 2.75) is 43.5 Å². The third-order valence-corrected chi connectivity index (χ3v) is 7.10. The molecule has 5 nitrogen and oxygen atoms in total. The van der Waals surface area contributed by atoms with Crippen LogP contribution in [0.2, 0.25) is 0 Å². The van der Waals surface area contributed by atoms with Gasteiger partial charge in [-0.25, -0.2) is 8.42 Å². The first-order valence-corrected chi connectivity index (χ1v) is 9.94. The van der Waals surface area contributed by atoms with Gasteiger partial charge in [0.05, 0.1) is 23.7 Å². The molecule has 2 aliphatic rings. The van der Waals surface area contributed by atoms with Crippen LogP contribution in [-0.2, 0) is 25.7 Å². The molecule has 9 heteroatoms. The number of piperidine rings is 1. The molecule has 0 radical (unpaired) electrons. The average molecular weight is 393 g/mol. The summed E-state index contributed by atoms with van der Waals surface area (Å²) in [5.41, 5.74) is -0.924. The smallest absolute Gasteiger partial charge is 0.348 e. The van der Waals surface area contributed by atoms with E-state index in [1.54, 1.807) is 0 Å². The molecular weight excluding hydrogens is 371 g/mol. The highest BCUT2D eigenvalue weighted by molar-refractivity contribution is 7.89. The van der Waals surface area contributed by atoms with Crippen LogP contribution in [-0.4, -0.2) is 44.8 Å². The van der Waals surface area contributed by atoms with Crippen LogP contribution in [0.5, 0.6) is 0 Å². The Labute approximate surface area is 151 Å². The number of ether oxygens (including phenoxy) is 2. The van der Waals surface area contributed by atoms with Gasteiger partial charge in [0, 0.05) is 19.0 Å². The summed E-state index contributed by atoms with van der Waals surface area (Å²) in [6.07, 6.45) is -3.52. The zero-order valence-electron chi connectivity index (χ0n) is 14.7. The van der Waals surface area contributed by atoms with E-state index in [2.05, 4.69) is 0 Å². The molecule has 3 rings (SSSR count). The maximum Gasteiger partial charge on any atom is 0.416 e. The van der Waals surface area contributed by atoms with Gasteiger partial charge in [0.1, 0.15) is 0 Å². The molecule has 2 fully saturated rings. The molecule has 0 bridgehead atoms. The van der Waals surface area contributed by atoms with Gasteiger partial charge in [-0.1, -0.05) is 6.07 Å². The van der Waals surface area contributed by atoms with Crippen molar-refractivity contribution in [3.8, 4) is 0 Å². The summed E-state index contributed by atoms with van der Waals surface area (Å²) in [5, 5.41) is 0. The number of halogens is 3. The van der Waals surface area contributed by atoms with E-state index in [1.807, 2.05) is 6.92 Å². The van der Waals surface area contributed by atoms with Crippen molar-refractivity contribution < 1.29 is 31.1 Å². The Morgan fingerprint density at radius 1 is 1.15 bits per heavy atom. The monoisotopic (exact) mass is 393 g/mol. The Bertz CT molecular complexity index is 765. The fourth-order valence-electron chi connectivity index (χ4n) is 3.60. The minimum absolute atomic E-state index is 0.00128. The summed E-state index contributed by atoms with van der Waals surface area (Å²) >= 11 is 0.